The van der Waals surface area contributed by atoms with E-state index in [1.54, 1.807) is 11.9 Å². The summed E-state index contributed by atoms with van der Waals surface area (Å²) in [4.78, 5) is 13.7. The van der Waals surface area contributed by atoms with E-state index in [-0.39, 0.29) is 28.2 Å². The molecule has 1 amide bonds. The fraction of sp³-hybridized carbons (Fsp3) is 0.462. The highest BCUT2D eigenvalue weighted by atomic mass is 35.5. The second-order valence-electron chi connectivity index (χ2n) is 4.36. The van der Waals surface area contributed by atoms with E-state index < -0.39 is 0 Å². The van der Waals surface area contributed by atoms with E-state index in [0.717, 1.165) is 19.3 Å². The summed E-state index contributed by atoms with van der Waals surface area (Å²) in [5.41, 5.74) is 6.34. The van der Waals surface area contributed by atoms with Crippen LogP contribution in [0.4, 0.5) is 5.69 Å². The molecule has 0 atom stereocenters. The molecule has 0 saturated heterocycles. The Morgan fingerprint density at radius 3 is 2.37 bits per heavy atom. The first kappa shape index (κ1) is 16.1. The number of nitrogens with two attached hydrogens (primary N) is 1. The summed E-state index contributed by atoms with van der Waals surface area (Å²) in [5, 5.41) is 9.25. The molecule has 1 aromatic rings. The lowest BCUT2D eigenvalue weighted by Gasteiger charge is -2.17. The van der Waals surface area contributed by atoms with Crippen molar-refractivity contribution < 1.29 is 9.90 Å². The van der Waals surface area contributed by atoms with Crippen molar-refractivity contribution in [3.05, 3.63) is 27.7 Å². The molecule has 0 unspecified atom stereocenters. The van der Waals surface area contributed by atoms with Gasteiger partial charge in [-0.3, -0.25) is 4.79 Å². The van der Waals surface area contributed by atoms with E-state index in [4.69, 9.17) is 34.0 Å². The zero-order valence-corrected chi connectivity index (χ0v) is 12.3. The lowest BCUT2D eigenvalue weighted by molar-refractivity contribution is 0.0792. The van der Waals surface area contributed by atoms with Crippen LogP contribution in [0.3, 0.4) is 0 Å². The minimum Gasteiger partial charge on any atom is -0.396 e. The van der Waals surface area contributed by atoms with Gasteiger partial charge in [-0.2, -0.15) is 0 Å². The van der Waals surface area contributed by atoms with Gasteiger partial charge in [0.2, 0.25) is 0 Å². The van der Waals surface area contributed by atoms with Gasteiger partial charge in [0.1, 0.15) is 0 Å². The Labute approximate surface area is 123 Å². The van der Waals surface area contributed by atoms with Crippen LogP contribution in [0.5, 0.6) is 0 Å². The third kappa shape index (κ3) is 4.56. The maximum atomic E-state index is 12.1. The molecular formula is C13H18Cl2N2O2. The Morgan fingerprint density at radius 1 is 1.26 bits per heavy atom. The molecule has 0 saturated carbocycles. The fourth-order valence-corrected chi connectivity index (χ4v) is 2.15. The van der Waals surface area contributed by atoms with Crippen LogP contribution in [0.15, 0.2) is 12.1 Å². The van der Waals surface area contributed by atoms with Crippen LogP contribution in [0.2, 0.25) is 10.0 Å². The second kappa shape index (κ2) is 7.58. The SMILES string of the molecule is CN(CCCCCO)C(=O)c1cc(Cl)c(N)c(Cl)c1. The number of carbonyl (C=O) groups is 1. The van der Waals surface area contributed by atoms with Gasteiger partial charge in [-0.25, -0.2) is 0 Å². The van der Waals surface area contributed by atoms with Gasteiger partial charge in [0, 0.05) is 25.8 Å². The second-order valence-corrected chi connectivity index (χ2v) is 5.18. The summed E-state index contributed by atoms with van der Waals surface area (Å²) in [7, 11) is 1.72. The van der Waals surface area contributed by atoms with Crippen molar-refractivity contribution in [2.24, 2.45) is 0 Å². The van der Waals surface area contributed by atoms with Crippen LogP contribution < -0.4 is 5.73 Å². The van der Waals surface area contributed by atoms with Gasteiger partial charge < -0.3 is 15.7 Å². The number of rotatable bonds is 6. The first-order valence-corrected chi connectivity index (χ1v) is 6.83. The van der Waals surface area contributed by atoms with Crippen LogP contribution in [-0.2, 0) is 0 Å². The standard InChI is InChI=1S/C13H18Cl2N2O2/c1-17(5-3-2-4-6-18)13(19)9-7-10(14)12(16)11(15)8-9/h7-8,18H,2-6,16H2,1H3. The number of nitrogens with zero attached hydrogens (tertiary/aromatic N) is 1. The number of amides is 1. The molecule has 0 aliphatic carbocycles. The molecule has 1 aromatic carbocycles. The van der Waals surface area contributed by atoms with Crippen LogP contribution in [-0.4, -0.2) is 36.1 Å². The largest absolute Gasteiger partial charge is 0.396 e. The zero-order chi connectivity index (χ0) is 14.4. The van der Waals surface area contributed by atoms with Crippen molar-refractivity contribution >= 4 is 34.8 Å². The molecule has 0 radical (unpaired) electrons. The minimum atomic E-state index is -0.146. The smallest absolute Gasteiger partial charge is 0.253 e. The van der Waals surface area contributed by atoms with E-state index in [1.807, 2.05) is 0 Å². The Kier molecular flexibility index (Phi) is 6.42. The number of hydrogen-bond acceptors (Lipinski definition) is 3. The van der Waals surface area contributed by atoms with Crippen molar-refractivity contribution in [1.29, 1.82) is 0 Å². The summed E-state index contributed by atoms with van der Waals surface area (Å²) >= 11 is 11.8. The number of halogens is 2. The number of aliphatic hydroxyl groups excluding tert-OH is 1. The highest BCUT2D eigenvalue weighted by Gasteiger charge is 2.14. The average molecular weight is 305 g/mol. The van der Waals surface area contributed by atoms with Crippen LogP contribution in [0.25, 0.3) is 0 Å². The fourth-order valence-electron chi connectivity index (χ4n) is 1.67. The quantitative estimate of drug-likeness (QED) is 0.627. The Hall–Kier alpha value is -0.970. The molecule has 0 fully saturated rings. The predicted octanol–water partition coefficient (Wildman–Crippen LogP) is 2.81. The normalized spacial score (nSPS) is 10.5. The maximum absolute atomic E-state index is 12.1. The van der Waals surface area contributed by atoms with Crippen LogP contribution in [0, 0.1) is 0 Å². The highest BCUT2D eigenvalue weighted by molar-refractivity contribution is 6.39. The lowest BCUT2D eigenvalue weighted by Crippen LogP contribution is -2.27. The summed E-state index contributed by atoms with van der Waals surface area (Å²) in [6.45, 7) is 0.805. The molecule has 0 aliphatic heterocycles. The van der Waals surface area contributed by atoms with Crippen molar-refractivity contribution in [1.82, 2.24) is 4.90 Å². The van der Waals surface area contributed by atoms with Gasteiger partial charge in [0.05, 0.1) is 15.7 Å². The molecule has 6 heteroatoms. The van der Waals surface area contributed by atoms with E-state index in [9.17, 15) is 4.79 Å². The first-order chi connectivity index (χ1) is 8.97. The predicted molar refractivity (Wildman–Crippen MR) is 78.8 cm³/mol. The summed E-state index contributed by atoms with van der Waals surface area (Å²) in [6.07, 6.45) is 2.48. The third-order valence-corrected chi connectivity index (χ3v) is 3.45. The topological polar surface area (TPSA) is 66.6 Å². The monoisotopic (exact) mass is 304 g/mol. The molecule has 0 heterocycles. The maximum Gasteiger partial charge on any atom is 0.253 e. The number of carbonyl (C=O) groups excluding carboxylic acids is 1. The summed E-state index contributed by atoms with van der Waals surface area (Å²) < 4.78 is 0. The van der Waals surface area contributed by atoms with Gasteiger partial charge in [-0.15, -0.1) is 0 Å². The molecular weight excluding hydrogens is 287 g/mol. The Balaban J connectivity index is 2.66. The molecule has 4 nitrogen and oxygen atoms in total. The van der Waals surface area contributed by atoms with Gasteiger partial charge in [0.15, 0.2) is 0 Å². The number of aliphatic hydroxyl groups is 1. The number of hydrogen-bond donors (Lipinski definition) is 2. The van der Waals surface area contributed by atoms with Gasteiger partial charge in [-0.1, -0.05) is 23.2 Å². The Bertz CT molecular complexity index is 429. The van der Waals surface area contributed by atoms with E-state index >= 15 is 0 Å². The minimum absolute atomic E-state index is 0.146. The van der Waals surface area contributed by atoms with Gasteiger partial charge in [-0.05, 0) is 31.4 Å². The van der Waals surface area contributed by atoms with E-state index in [2.05, 4.69) is 0 Å². The van der Waals surface area contributed by atoms with Gasteiger partial charge in [0.25, 0.3) is 5.91 Å². The molecule has 0 aromatic heterocycles. The van der Waals surface area contributed by atoms with E-state index in [1.165, 1.54) is 12.1 Å². The zero-order valence-electron chi connectivity index (χ0n) is 10.8. The van der Waals surface area contributed by atoms with Crippen molar-refractivity contribution in [3.63, 3.8) is 0 Å². The Morgan fingerprint density at radius 2 is 1.84 bits per heavy atom. The molecule has 0 aliphatic rings. The molecule has 106 valence electrons. The highest BCUT2D eigenvalue weighted by Crippen LogP contribution is 2.29. The summed E-state index contributed by atoms with van der Waals surface area (Å²) in [6, 6.07) is 3.05. The first-order valence-electron chi connectivity index (χ1n) is 6.08. The average Bonchev–Trinajstić information content (AvgIpc) is 2.39. The number of unbranched alkanes of at least 4 members (excludes halogenated alkanes) is 2. The summed E-state index contributed by atoms with van der Waals surface area (Å²) in [5.74, 6) is -0.146. The molecule has 1 rings (SSSR count). The van der Waals surface area contributed by atoms with Crippen molar-refractivity contribution in [2.75, 3.05) is 25.9 Å². The number of benzene rings is 1. The number of nitrogen functional groups attached to an aromatic ring is 1. The van der Waals surface area contributed by atoms with E-state index in [0.29, 0.717) is 12.1 Å². The lowest BCUT2D eigenvalue weighted by atomic mass is 10.1. The van der Waals surface area contributed by atoms with Crippen molar-refractivity contribution in [3.8, 4) is 0 Å². The molecule has 3 N–H and O–H groups in total. The van der Waals surface area contributed by atoms with Crippen molar-refractivity contribution in [2.45, 2.75) is 19.3 Å². The molecule has 0 spiro atoms. The third-order valence-electron chi connectivity index (χ3n) is 2.82. The van der Waals surface area contributed by atoms with Crippen LogP contribution in [0.1, 0.15) is 29.6 Å². The van der Waals surface area contributed by atoms with Crippen LogP contribution >= 0.6 is 23.2 Å². The number of anilines is 1. The molecule has 19 heavy (non-hydrogen) atoms. The van der Waals surface area contributed by atoms with Gasteiger partial charge >= 0.3 is 0 Å². The molecule has 0 bridgehead atoms.